The first kappa shape index (κ1) is 12.6. The molecule has 0 bridgehead atoms. The number of aryl methyl sites for hydroxylation is 1. The standard InChI is InChI=1S/C17H12N2O3/c1-10-6-7-11-9-15(21-14(11)8-10)16(20)19-17-18-12-4-2-3-5-13(12)22-17/h2-9H,1H3,(H,18,19,20). The number of anilines is 1. The predicted molar refractivity (Wildman–Crippen MR) is 82.9 cm³/mol. The number of amides is 1. The highest BCUT2D eigenvalue weighted by Crippen LogP contribution is 2.22. The maximum absolute atomic E-state index is 12.2. The minimum Gasteiger partial charge on any atom is -0.451 e. The first-order valence-electron chi connectivity index (χ1n) is 6.86. The van der Waals surface area contributed by atoms with Crippen LogP contribution >= 0.6 is 0 Å². The molecule has 0 saturated heterocycles. The minimum atomic E-state index is -0.389. The van der Waals surface area contributed by atoms with E-state index in [0.29, 0.717) is 16.7 Å². The number of furan rings is 1. The maximum atomic E-state index is 12.2. The molecule has 0 aliphatic carbocycles. The minimum absolute atomic E-state index is 0.155. The van der Waals surface area contributed by atoms with E-state index in [4.69, 9.17) is 8.83 Å². The molecular weight excluding hydrogens is 280 g/mol. The van der Waals surface area contributed by atoms with E-state index in [2.05, 4.69) is 10.3 Å². The van der Waals surface area contributed by atoms with Gasteiger partial charge in [0.15, 0.2) is 11.3 Å². The quantitative estimate of drug-likeness (QED) is 0.603. The van der Waals surface area contributed by atoms with Gasteiger partial charge in [0.25, 0.3) is 5.91 Å². The monoisotopic (exact) mass is 292 g/mol. The van der Waals surface area contributed by atoms with E-state index in [-0.39, 0.29) is 17.7 Å². The number of carbonyl (C=O) groups is 1. The Morgan fingerprint density at radius 1 is 1.05 bits per heavy atom. The maximum Gasteiger partial charge on any atom is 0.302 e. The molecule has 22 heavy (non-hydrogen) atoms. The average Bonchev–Trinajstić information content (AvgIpc) is 3.09. The summed E-state index contributed by atoms with van der Waals surface area (Å²) in [6, 6.07) is 15.0. The molecule has 1 N–H and O–H groups in total. The smallest absolute Gasteiger partial charge is 0.302 e. The van der Waals surface area contributed by atoms with Crippen LogP contribution in [-0.2, 0) is 0 Å². The third kappa shape index (κ3) is 2.13. The summed E-state index contributed by atoms with van der Waals surface area (Å²) in [7, 11) is 0. The number of nitrogens with zero attached hydrogens (tertiary/aromatic N) is 1. The van der Waals surface area contributed by atoms with Crippen LogP contribution in [-0.4, -0.2) is 10.9 Å². The summed E-state index contributed by atoms with van der Waals surface area (Å²) in [4.78, 5) is 16.4. The van der Waals surface area contributed by atoms with Gasteiger partial charge in [-0.1, -0.05) is 24.3 Å². The first-order valence-corrected chi connectivity index (χ1v) is 6.86. The Labute approximate surface area is 125 Å². The number of hydrogen-bond donors (Lipinski definition) is 1. The molecule has 0 radical (unpaired) electrons. The molecule has 0 spiro atoms. The van der Waals surface area contributed by atoms with Crippen molar-refractivity contribution in [3.63, 3.8) is 0 Å². The molecule has 2 heterocycles. The van der Waals surface area contributed by atoms with E-state index in [1.54, 1.807) is 12.1 Å². The third-order valence-corrected chi connectivity index (χ3v) is 3.41. The molecule has 0 fully saturated rings. The van der Waals surface area contributed by atoms with Gasteiger partial charge < -0.3 is 8.83 Å². The molecule has 0 saturated carbocycles. The number of oxazole rings is 1. The lowest BCUT2D eigenvalue weighted by Gasteiger charge is -1.95. The largest absolute Gasteiger partial charge is 0.451 e. The summed E-state index contributed by atoms with van der Waals surface area (Å²) in [6.45, 7) is 1.97. The Hall–Kier alpha value is -3.08. The highest BCUT2D eigenvalue weighted by molar-refractivity contribution is 6.04. The van der Waals surface area contributed by atoms with E-state index < -0.39 is 0 Å². The highest BCUT2D eigenvalue weighted by atomic mass is 16.4. The van der Waals surface area contributed by atoms with E-state index >= 15 is 0 Å². The number of fused-ring (bicyclic) bond motifs is 2. The Morgan fingerprint density at radius 3 is 2.77 bits per heavy atom. The average molecular weight is 292 g/mol. The molecule has 5 heteroatoms. The summed E-state index contributed by atoms with van der Waals surface area (Å²) in [5.74, 6) is -0.164. The van der Waals surface area contributed by atoms with Crippen molar-refractivity contribution in [2.24, 2.45) is 0 Å². The zero-order valence-corrected chi connectivity index (χ0v) is 11.8. The van der Waals surface area contributed by atoms with Crippen LogP contribution in [0, 0.1) is 6.92 Å². The second-order valence-electron chi connectivity index (χ2n) is 5.09. The van der Waals surface area contributed by atoms with Gasteiger partial charge in [0.05, 0.1) is 0 Å². The zero-order valence-electron chi connectivity index (χ0n) is 11.8. The number of aromatic nitrogens is 1. The van der Waals surface area contributed by atoms with Crippen molar-refractivity contribution in [1.29, 1.82) is 0 Å². The van der Waals surface area contributed by atoms with Gasteiger partial charge in [-0.15, -0.1) is 0 Å². The predicted octanol–water partition coefficient (Wildman–Crippen LogP) is 4.13. The normalized spacial score (nSPS) is 11.1. The Kier molecular flexibility index (Phi) is 2.72. The molecule has 108 valence electrons. The molecule has 0 atom stereocenters. The van der Waals surface area contributed by atoms with E-state index in [1.165, 1.54) is 0 Å². The summed E-state index contributed by atoms with van der Waals surface area (Å²) in [5, 5.41) is 3.50. The van der Waals surface area contributed by atoms with Crippen LogP contribution in [0.1, 0.15) is 16.1 Å². The van der Waals surface area contributed by atoms with Crippen LogP contribution in [0.3, 0.4) is 0 Å². The van der Waals surface area contributed by atoms with E-state index in [1.807, 2.05) is 43.3 Å². The molecule has 5 nitrogen and oxygen atoms in total. The fourth-order valence-electron chi connectivity index (χ4n) is 2.33. The molecule has 0 unspecified atom stereocenters. The van der Waals surface area contributed by atoms with Gasteiger partial charge in [0.1, 0.15) is 11.1 Å². The lowest BCUT2D eigenvalue weighted by atomic mass is 10.2. The van der Waals surface area contributed by atoms with Gasteiger partial charge in [-0.25, -0.2) is 0 Å². The number of benzene rings is 2. The number of carbonyl (C=O) groups excluding carboxylic acids is 1. The van der Waals surface area contributed by atoms with Crippen molar-refractivity contribution in [1.82, 2.24) is 4.98 Å². The summed E-state index contributed by atoms with van der Waals surface area (Å²) in [5.41, 5.74) is 3.08. The second kappa shape index (κ2) is 4.73. The van der Waals surface area contributed by atoms with E-state index in [9.17, 15) is 4.79 Å². The molecule has 2 aromatic carbocycles. The van der Waals surface area contributed by atoms with Crippen LogP contribution in [0.15, 0.2) is 57.4 Å². The van der Waals surface area contributed by atoms with Gasteiger partial charge >= 0.3 is 6.01 Å². The summed E-state index contributed by atoms with van der Waals surface area (Å²) >= 11 is 0. The third-order valence-electron chi connectivity index (χ3n) is 3.41. The van der Waals surface area contributed by atoms with Crippen molar-refractivity contribution < 1.29 is 13.6 Å². The van der Waals surface area contributed by atoms with Crippen molar-refractivity contribution in [3.8, 4) is 0 Å². The van der Waals surface area contributed by atoms with Crippen LogP contribution in [0.5, 0.6) is 0 Å². The van der Waals surface area contributed by atoms with Gasteiger partial charge in [0, 0.05) is 5.39 Å². The van der Waals surface area contributed by atoms with Crippen molar-refractivity contribution >= 4 is 34.0 Å². The summed E-state index contributed by atoms with van der Waals surface area (Å²) in [6.07, 6.45) is 0. The molecule has 4 aromatic rings. The van der Waals surface area contributed by atoms with Crippen LogP contribution in [0.25, 0.3) is 22.1 Å². The van der Waals surface area contributed by atoms with Crippen LogP contribution in [0.2, 0.25) is 0 Å². The molecule has 0 aliphatic rings. The molecule has 1 amide bonds. The number of rotatable bonds is 2. The molecule has 4 rings (SSSR count). The van der Waals surface area contributed by atoms with Gasteiger partial charge in [-0.05, 0) is 36.8 Å². The second-order valence-corrected chi connectivity index (χ2v) is 5.09. The summed E-state index contributed by atoms with van der Waals surface area (Å²) < 4.78 is 11.0. The fourth-order valence-corrected chi connectivity index (χ4v) is 2.33. The Bertz CT molecular complexity index is 964. The van der Waals surface area contributed by atoms with Gasteiger partial charge in [-0.2, -0.15) is 4.98 Å². The molecular formula is C17H12N2O3. The topological polar surface area (TPSA) is 68.3 Å². The number of hydrogen-bond acceptors (Lipinski definition) is 4. The Balaban J connectivity index is 1.65. The number of nitrogens with one attached hydrogen (secondary N) is 1. The Morgan fingerprint density at radius 2 is 1.91 bits per heavy atom. The van der Waals surface area contributed by atoms with E-state index in [0.717, 1.165) is 10.9 Å². The lowest BCUT2D eigenvalue weighted by Crippen LogP contribution is -2.10. The van der Waals surface area contributed by atoms with Crippen LogP contribution in [0.4, 0.5) is 6.01 Å². The highest BCUT2D eigenvalue weighted by Gasteiger charge is 2.15. The zero-order chi connectivity index (χ0) is 15.1. The van der Waals surface area contributed by atoms with Crippen molar-refractivity contribution in [2.75, 3.05) is 5.32 Å². The lowest BCUT2D eigenvalue weighted by molar-refractivity contribution is 0.0996. The molecule has 0 aliphatic heterocycles. The van der Waals surface area contributed by atoms with Gasteiger partial charge in [0.2, 0.25) is 0 Å². The SMILES string of the molecule is Cc1ccc2cc(C(=O)Nc3nc4ccccc4o3)oc2c1. The van der Waals surface area contributed by atoms with Crippen LogP contribution < -0.4 is 5.32 Å². The first-order chi connectivity index (χ1) is 10.7. The number of para-hydroxylation sites is 2. The van der Waals surface area contributed by atoms with Crippen molar-refractivity contribution in [2.45, 2.75) is 6.92 Å². The molecule has 2 aromatic heterocycles. The fraction of sp³-hybridized carbons (Fsp3) is 0.0588. The van der Waals surface area contributed by atoms with Gasteiger partial charge in [-0.3, -0.25) is 10.1 Å². The van der Waals surface area contributed by atoms with Crippen molar-refractivity contribution in [3.05, 3.63) is 59.9 Å².